The molecule has 0 amide bonds. The van der Waals surface area contributed by atoms with Gasteiger partial charge in [-0.1, -0.05) is 0 Å². The van der Waals surface area contributed by atoms with Gasteiger partial charge in [-0.2, -0.15) is 0 Å². The van der Waals surface area contributed by atoms with Crippen molar-refractivity contribution in [2.45, 2.75) is 26.9 Å². The van der Waals surface area contributed by atoms with Crippen LogP contribution < -0.4 is 0 Å². The van der Waals surface area contributed by atoms with Gasteiger partial charge in [-0.25, -0.2) is 0 Å². The first-order chi connectivity index (χ1) is 3.46. The largest absolute Gasteiger partial charge is 0.481 e. The molecule has 0 spiro atoms. The summed E-state index contributed by atoms with van der Waals surface area (Å²) in [5.41, 5.74) is 0. The summed E-state index contributed by atoms with van der Waals surface area (Å²) >= 11 is 0. The Hall–Kier alpha value is -0.570. The first-order valence-electron chi connectivity index (χ1n) is 2.34. The summed E-state index contributed by atoms with van der Waals surface area (Å²) in [4.78, 5) is 9.00. The summed E-state index contributed by atoms with van der Waals surface area (Å²) in [5.74, 6) is -0.833. The number of hydrogen-bond donors (Lipinski definition) is 2. The van der Waals surface area contributed by atoms with E-state index >= 15 is 0 Å². The third kappa shape index (κ3) is 328. The van der Waals surface area contributed by atoms with Crippen LogP contribution in [0.4, 0.5) is 0 Å². The molecule has 50 valence electrons. The molecule has 0 saturated carbocycles. The van der Waals surface area contributed by atoms with E-state index in [1.807, 2.05) is 0 Å². The zero-order valence-electron chi connectivity index (χ0n) is 5.38. The molecule has 3 nitrogen and oxygen atoms in total. The Balaban J connectivity index is 0. The molecule has 3 heteroatoms. The maximum absolute atomic E-state index is 9.00. The van der Waals surface area contributed by atoms with E-state index < -0.39 is 5.97 Å². The summed E-state index contributed by atoms with van der Waals surface area (Å²) in [7, 11) is 0. The number of hydrogen-bond acceptors (Lipinski definition) is 2. The molecule has 0 saturated heterocycles. The van der Waals surface area contributed by atoms with Gasteiger partial charge in [0.05, 0.1) is 0 Å². The predicted molar refractivity (Wildman–Crippen MR) is 30.7 cm³/mol. The van der Waals surface area contributed by atoms with Crippen LogP contribution in [0.25, 0.3) is 0 Å². The fraction of sp³-hybridized carbons (Fsp3) is 0.800. The van der Waals surface area contributed by atoms with Gasteiger partial charge < -0.3 is 10.2 Å². The van der Waals surface area contributed by atoms with Gasteiger partial charge in [-0.05, 0) is 13.8 Å². The topological polar surface area (TPSA) is 57.5 Å². The Morgan fingerprint density at radius 2 is 1.50 bits per heavy atom. The zero-order chi connectivity index (χ0) is 7.15. The van der Waals surface area contributed by atoms with Crippen LogP contribution in [0, 0.1) is 0 Å². The van der Waals surface area contributed by atoms with Crippen LogP contribution in [0.5, 0.6) is 0 Å². The Bertz CT molecular complexity index is 51.9. The maximum atomic E-state index is 9.00. The number of carboxylic acid groups (broad SMARTS) is 1. The lowest BCUT2D eigenvalue weighted by Crippen LogP contribution is -1.85. The number of carboxylic acids is 1. The Kier molecular flexibility index (Phi) is 8.37. The van der Waals surface area contributed by atoms with Crippen molar-refractivity contribution in [2.24, 2.45) is 0 Å². The van der Waals surface area contributed by atoms with Gasteiger partial charge in [0, 0.05) is 13.0 Å². The second kappa shape index (κ2) is 6.43. The zero-order valence-corrected chi connectivity index (χ0v) is 5.38. The minimum Gasteiger partial charge on any atom is -0.481 e. The lowest BCUT2D eigenvalue weighted by molar-refractivity contribution is -0.134. The van der Waals surface area contributed by atoms with E-state index in [4.69, 9.17) is 15.0 Å². The highest BCUT2D eigenvalue weighted by molar-refractivity contribution is 5.62. The molecular weight excluding hydrogens is 108 g/mol. The summed E-state index contributed by atoms with van der Waals surface area (Å²) in [5, 5.41) is 15.5. The summed E-state index contributed by atoms with van der Waals surface area (Å²) < 4.78 is 0. The molecule has 0 radical (unpaired) electrons. The van der Waals surface area contributed by atoms with E-state index in [2.05, 4.69) is 0 Å². The molecule has 0 bridgehead atoms. The van der Waals surface area contributed by atoms with Gasteiger partial charge in [0.2, 0.25) is 0 Å². The third-order valence-corrected chi connectivity index (χ3v) is 0. The molecule has 0 aromatic heterocycles. The molecule has 0 aliphatic rings. The second-order valence-electron chi connectivity index (χ2n) is 1.61. The average molecular weight is 120 g/mol. The fourth-order valence-corrected chi connectivity index (χ4v) is 0. The molecule has 0 fully saturated rings. The van der Waals surface area contributed by atoms with Crippen molar-refractivity contribution in [3.63, 3.8) is 0 Å². The second-order valence-corrected chi connectivity index (χ2v) is 1.61. The van der Waals surface area contributed by atoms with Gasteiger partial charge in [-0.3, -0.25) is 4.79 Å². The van der Waals surface area contributed by atoms with Crippen molar-refractivity contribution in [3.8, 4) is 0 Å². The minimum absolute atomic E-state index is 0.167. The van der Waals surface area contributed by atoms with Gasteiger partial charge in [0.15, 0.2) is 0 Å². The molecule has 0 aliphatic carbocycles. The Morgan fingerprint density at radius 1 is 1.50 bits per heavy atom. The third-order valence-electron chi connectivity index (χ3n) is 0. The van der Waals surface area contributed by atoms with E-state index in [1.54, 1.807) is 13.8 Å². The summed E-state index contributed by atoms with van der Waals surface area (Å²) in [6, 6.07) is 0. The Morgan fingerprint density at radius 3 is 1.50 bits per heavy atom. The number of rotatable bonds is 0. The maximum Gasteiger partial charge on any atom is 0.300 e. The number of aliphatic hydroxyl groups excluding tert-OH is 1. The smallest absolute Gasteiger partial charge is 0.300 e. The van der Waals surface area contributed by atoms with E-state index in [9.17, 15) is 0 Å². The van der Waals surface area contributed by atoms with Crippen LogP contribution in [-0.2, 0) is 4.79 Å². The van der Waals surface area contributed by atoms with E-state index in [1.165, 1.54) is 0 Å². The van der Waals surface area contributed by atoms with Crippen molar-refractivity contribution in [2.75, 3.05) is 0 Å². The van der Waals surface area contributed by atoms with Gasteiger partial charge in [-0.15, -0.1) is 0 Å². The SMILES string of the molecule is CC(=O)O.CC(C)O. The van der Waals surface area contributed by atoms with E-state index in [-0.39, 0.29) is 6.10 Å². The first-order valence-corrected chi connectivity index (χ1v) is 2.34. The molecule has 0 heterocycles. The molecule has 0 aliphatic heterocycles. The summed E-state index contributed by atoms with van der Waals surface area (Å²) in [6.07, 6.45) is -0.167. The highest BCUT2D eigenvalue weighted by atomic mass is 16.4. The molecule has 0 aromatic carbocycles. The van der Waals surface area contributed by atoms with E-state index in [0.717, 1.165) is 6.92 Å². The number of aliphatic hydroxyl groups is 1. The normalized spacial score (nSPS) is 7.62. The first kappa shape index (κ1) is 10.4. The van der Waals surface area contributed by atoms with Crippen LogP contribution >= 0.6 is 0 Å². The fourth-order valence-electron chi connectivity index (χ4n) is 0. The molecule has 8 heavy (non-hydrogen) atoms. The van der Waals surface area contributed by atoms with Crippen LogP contribution in [-0.4, -0.2) is 22.3 Å². The van der Waals surface area contributed by atoms with Crippen molar-refractivity contribution in [1.29, 1.82) is 0 Å². The minimum atomic E-state index is -0.833. The van der Waals surface area contributed by atoms with Crippen LogP contribution in [0.15, 0.2) is 0 Å². The lowest BCUT2D eigenvalue weighted by atomic mass is 10.5. The van der Waals surface area contributed by atoms with E-state index in [0.29, 0.717) is 0 Å². The van der Waals surface area contributed by atoms with Gasteiger partial charge in [0.1, 0.15) is 0 Å². The summed E-state index contributed by atoms with van der Waals surface area (Å²) in [6.45, 7) is 4.53. The van der Waals surface area contributed by atoms with Crippen LogP contribution in [0.3, 0.4) is 0 Å². The van der Waals surface area contributed by atoms with Crippen molar-refractivity contribution >= 4 is 5.97 Å². The Labute approximate surface area is 49.0 Å². The van der Waals surface area contributed by atoms with Crippen molar-refractivity contribution < 1.29 is 15.0 Å². The van der Waals surface area contributed by atoms with Crippen molar-refractivity contribution in [3.05, 3.63) is 0 Å². The lowest BCUT2D eigenvalue weighted by Gasteiger charge is -1.80. The molecule has 0 atom stereocenters. The molecular formula is C5H12O3. The van der Waals surface area contributed by atoms with Gasteiger partial charge >= 0.3 is 0 Å². The number of carbonyl (C=O) groups is 1. The predicted octanol–water partition coefficient (Wildman–Crippen LogP) is 0.478. The van der Waals surface area contributed by atoms with Gasteiger partial charge in [0.25, 0.3) is 5.97 Å². The highest BCUT2D eigenvalue weighted by Crippen LogP contribution is 1.65. The molecule has 0 rings (SSSR count). The number of aliphatic carboxylic acids is 1. The molecule has 0 unspecified atom stereocenters. The quantitative estimate of drug-likeness (QED) is 0.488. The monoisotopic (exact) mass is 120 g/mol. The van der Waals surface area contributed by atoms with Crippen molar-refractivity contribution in [1.82, 2.24) is 0 Å². The van der Waals surface area contributed by atoms with Crippen LogP contribution in [0.1, 0.15) is 20.8 Å². The highest BCUT2D eigenvalue weighted by Gasteiger charge is 1.69. The molecule has 0 aromatic rings. The van der Waals surface area contributed by atoms with Crippen LogP contribution in [0.2, 0.25) is 0 Å². The molecule has 2 N–H and O–H groups in total. The standard InChI is InChI=1S/C3H8O.C2H4O2/c1-3(2)4;1-2(3)4/h3-4H,1-2H3;1H3,(H,3,4). The average Bonchev–Trinajstić information content (AvgIpc) is 1.25.